The highest BCUT2D eigenvalue weighted by Gasteiger charge is 1.95. The second kappa shape index (κ2) is 21.2. The Morgan fingerprint density at radius 1 is 0.615 bits per heavy atom. The summed E-state index contributed by atoms with van der Waals surface area (Å²) in [6.07, 6.45) is 34.3. The SMILES string of the molecule is CCC=CC/C=C\C/C=C\C/C=C\C/C=C\CCCCCCCC(=O)O. The van der Waals surface area contributed by atoms with E-state index >= 15 is 0 Å². The molecule has 0 saturated heterocycles. The van der Waals surface area contributed by atoms with Gasteiger partial charge in [0.05, 0.1) is 0 Å². The molecule has 0 spiro atoms. The van der Waals surface area contributed by atoms with E-state index in [2.05, 4.69) is 67.7 Å². The molecule has 0 fully saturated rings. The Hall–Kier alpha value is -1.83. The largest absolute Gasteiger partial charge is 0.481 e. The van der Waals surface area contributed by atoms with Crippen molar-refractivity contribution >= 4 is 5.97 Å². The van der Waals surface area contributed by atoms with Gasteiger partial charge in [-0.05, 0) is 51.4 Å². The lowest BCUT2D eigenvalue weighted by atomic mass is 10.1. The lowest BCUT2D eigenvalue weighted by molar-refractivity contribution is -0.137. The number of unbranched alkanes of at least 4 members (excludes halogenated alkanes) is 5. The molecule has 0 aromatic rings. The van der Waals surface area contributed by atoms with Crippen LogP contribution in [0.4, 0.5) is 0 Å². The molecule has 0 heterocycles. The molecule has 0 aromatic carbocycles. The van der Waals surface area contributed by atoms with E-state index in [0.29, 0.717) is 6.42 Å². The van der Waals surface area contributed by atoms with Crippen LogP contribution < -0.4 is 0 Å². The molecule has 0 bridgehead atoms. The summed E-state index contributed by atoms with van der Waals surface area (Å²) in [7, 11) is 0. The van der Waals surface area contributed by atoms with Crippen molar-refractivity contribution in [2.45, 2.75) is 84.0 Å². The van der Waals surface area contributed by atoms with E-state index in [1.165, 1.54) is 12.8 Å². The average Bonchev–Trinajstić information content (AvgIpc) is 2.62. The third-order valence-corrected chi connectivity index (χ3v) is 3.92. The lowest BCUT2D eigenvalue weighted by Gasteiger charge is -1.98. The lowest BCUT2D eigenvalue weighted by Crippen LogP contribution is -1.93. The van der Waals surface area contributed by atoms with Gasteiger partial charge in [-0.25, -0.2) is 0 Å². The third kappa shape index (κ3) is 22.2. The topological polar surface area (TPSA) is 37.3 Å². The van der Waals surface area contributed by atoms with Crippen LogP contribution in [0.25, 0.3) is 0 Å². The maximum atomic E-state index is 10.4. The highest BCUT2D eigenvalue weighted by atomic mass is 16.4. The van der Waals surface area contributed by atoms with Crippen molar-refractivity contribution in [1.82, 2.24) is 0 Å². The van der Waals surface area contributed by atoms with E-state index in [0.717, 1.165) is 57.8 Å². The normalized spacial score (nSPS) is 12.7. The molecule has 0 aliphatic heterocycles. The standard InChI is InChI=1S/C24H38O2/c1-2-3-4-5-6-7-8-9-10-11-12-13-14-15-16-17-18-19-20-21-22-23-24(25)26/h3-4,6-7,9-10,12-13,15-16H,2,5,8,11,14,17-23H2,1H3,(H,25,26)/b4-3?,7-6-,10-9-,13-12-,16-15-. The smallest absolute Gasteiger partial charge is 0.303 e. The Morgan fingerprint density at radius 2 is 1.04 bits per heavy atom. The van der Waals surface area contributed by atoms with Gasteiger partial charge < -0.3 is 5.11 Å². The number of rotatable bonds is 17. The fourth-order valence-electron chi connectivity index (χ4n) is 2.44. The molecule has 0 saturated carbocycles. The average molecular weight is 359 g/mol. The molecule has 2 heteroatoms. The minimum atomic E-state index is -0.677. The summed E-state index contributed by atoms with van der Waals surface area (Å²) in [4.78, 5) is 10.4. The highest BCUT2D eigenvalue weighted by molar-refractivity contribution is 5.66. The molecule has 0 radical (unpaired) electrons. The monoisotopic (exact) mass is 358 g/mol. The Bertz CT molecular complexity index is 453. The first-order valence-electron chi connectivity index (χ1n) is 10.2. The molecule has 0 atom stereocenters. The first kappa shape index (κ1) is 24.2. The summed E-state index contributed by atoms with van der Waals surface area (Å²) in [5.74, 6) is -0.677. The van der Waals surface area contributed by atoms with Gasteiger partial charge in [0.25, 0.3) is 0 Å². The van der Waals surface area contributed by atoms with Crippen LogP contribution in [0.2, 0.25) is 0 Å². The van der Waals surface area contributed by atoms with Crippen LogP contribution in [0, 0.1) is 0 Å². The zero-order chi connectivity index (χ0) is 19.1. The van der Waals surface area contributed by atoms with Crippen molar-refractivity contribution < 1.29 is 9.90 Å². The molecular weight excluding hydrogens is 320 g/mol. The number of carboxylic acids is 1. The van der Waals surface area contributed by atoms with Crippen LogP contribution in [-0.2, 0) is 4.79 Å². The van der Waals surface area contributed by atoms with Crippen LogP contribution in [0.5, 0.6) is 0 Å². The molecule has 0 aromatic heterocycles. The van der Waals surface area contributed by atoms with E-state index in [9.17, 15) is 4.79 Å². The molecule has 0 aliphatic rings. The third-order valence-electron chi connectivity index (χ3n) is 3.92. The van der Waals surface area contributed by atoms with Gasteiger partial charge in [-0.2, -0.15) is 0 Å². The second-order valence-electron chi connectivity index (χ2n) is 6.41. The van der Waals surface area contributed by atoms with E-state index < -0.39 is 5.97 Å². The highest BCUT2D eigenvalue weighted by Crippen LogP contribution is 2.07. The van der Waals surface area contributed by atoms with Gasteiger partial charge in [-0.15, -0.1) is 0 Å². The van der Waals surface area contributed by atoms with Crippen molar-refractivity contribution in [3.8, 4) is 0 Å². The number of hydrogen-bond donors (Lipinski definition) is 1. The summed E-state index contributed by atoms with van der Waals surface area (Å²) >= 11 is 0. The number of aliphatic carboxylic acids is 1. The van der Waals surface area contributed by atoms with Gasteiger partial charge in [0, 0.05) is 6.42 Å². The van der Waals surface area contributed by atoms with Gasteiger partial charge in [0.2, 0.25) is 0 Å². The Morgan fingerprint density at radius 3 is 1.54 bits per heavy atom. The molecule has 146 valence electrons. The summed E-state index contributed by atoms with van der Waals surface area (Å²) in [6, 6.07) is 0. The molecule has 1 N–H and O–H groups in total. The molecule has 0 rings (SSSR count). The van der Waals surface area contributed by atoms with Crippen LogP contribution in [0.3, 0.4) is 0 Å². The maximum Gasteiger partial charge on any atom is 0.303 e. The maximum absolute atomic E-state index is 10.4. The van der Waals surface area contributed by atoms with Gasteiger partial charge in [-0.1, -0.05) is 86.9 Å². The van der Waals surface area contributed by atoms with Crippen LogP contribution >= 0.6 is 0 Å². The summed E-state index contributed by atoms with van der Waals surface area (Å²) < 4.78 is 0. The van der Waals surface area contributed by atoms with Gasteiger partial charge in [0.15, 0.2) is 0 Å². The molecule has 0 unspecified atom stereocenters. The van der Waals surface area contributed by atoms with Crippen molar-refractivity contribution in [3.63, 3.8) is 0 Å². The van der Waals surface area contributed by atoms with E-state index in [4.69, 9.17) is 5.11 Å². The predicted octanol–water partition coefficient (Wildman–Crippen LogP) is 7.55. The van der Waals surface area contributed by atoms with E-state index in [1.54, 1.807) is 0 Å². The summed E-state index contributed by atoms with van der Waals surface area (Å²) in [6.45, 7) is 2.15. The summed E-state index contributed by atoms with van der Waals surface area (Å²) in [5, 5.41) is 8.55. The quantitative estimate of drug-likeness (QED) is 0.215. The minimum Gasteiger partial charge on any atom is -0.481 e. The van der Waals surface area contributed by atoms with Gasteiger partial charge >= 0.3 is 5.97 Å². The molecule has 0 amide bonds. The molecule has 0 aliphatic carbocycles. The van der Waals surface area contributed by atoms with Crippen molar-refractivity contribution in [2.75, 3.05) is 0 Å². The van der Waals surface area contributed by atoms with Crippen molar-refractivity contribution in [2.24, 2.45) is 0 Å². The Labute approximate surface area is 161 Å². The van der Waals surface area contributed by atoms with Crippen LogP contribution in [0.1, 0.15) is 84.0 Å². The van der Waals surface area contributed by atoms with Gasteiger partial charge in [0.1, 0.15) is 0 Å². The zero-order valence-electron chi connectivity index (χ0n) is 16.6. The number of hydrogen-bond acceptors (Lipinski definition) is 1. The van der Waals surface area contributed by atoms with E-state index in [1.807, 2.05) is 0 Å². The van der Waals surface area contributed by atoms with Crippen molar-refractivity contribution in [1.29, 1.82) is 0 Å². The number of carbonyl (C=O) groups is 1. The molecular formula is C24H38O2. The molecule has 26 heavy (non-hydrogen) atoms. The minimum absolute atomic E-state index is 0.314. The van der Waals surface area contributed by atoms with Crippen LogP contribution in [-0.4, -0.2) is 11.1 Å². The van der Waals surface area contributed by atoms with Gasteiger partial charge in [-0.3, -0.25) is 4.79 Å². The fraction of sp³-hybridized carbons (Fsp3) is 0.542. The first-order chi connectivity index (χ1) is 12.8. The summed E-state index contributed by atoms with van der Waals surface area (Å²) in [5.41, 5.74) is 0. The Kier molecular flexibility index (Phi) is 19.7. The first-order valence-corrected chi connectivity index (χ1v) is 10.2. The second-order valence-corrected chi connectivity index (χ2v) is 6.41. The molecule has 2 nitrogen and oxygen atoms in total. The number of allylic oxidation sites excluding steroid dienone is 10. The predicted molar refractivity (Wildman–Crippen MR) is 114 cm³/mol. The fourth-order valence-corrected chi connectivity index (χ4v) is 2.44. The zero-order valence-corrected chi connectivity index (χ0v) is 16.6. The van der Waals surface area contributed by atoms with E-state index in [-0.39, 0.29) is 0 Å². The Balaban J connectivity index is 3.38. The van der Waals surface area contributed by atoms with Crippen LogP contribution in [0.15, 0.2) is 60.8 Å². The van der Waals surface area contributed by atoms with Crippen molar-refractivity contribution in [3.05, 3.63) is 60.8 Å². The number of carboxylic acid groups (broad SMARTS) is 1.